The van der Waals surface area contributed by atoms with Gasteiger partial charge in [-0.2, -0.15) is 4.31 Å². The van der Waals surface area contributed by atoms with Gasteiger partial charge in [-0.3, -0.25) is 9.78 Å². The van der Waals surface area contributed by atoms with E-state index >= 15 is 0 Å². The summed E-state index contributed by atoms with van der Waals surface area (Å²) in [6.45, 7) is -0.152. The van der Waals surface area contributed by atoms with E-state index in [0.717, 1.165) is 37.7 Å². The highest BCUT2D eigenvalue weighted by Gasteiger charge is 2.39. The number of rotatable bonds is 6. The predicted molar refractivity (Wildman–Crippen MR) is 101 cm³/mol. The molecule has 1 amide bonds. The lowest BCUT2D eigenvalue weighted by Gasteiger charge is -2.28. The number of sulfonamides is 1. The zero-order valence-corrected chi connectivity index (χ0v) is 15.9. The minimum Gasteiger partial charge on any atom is -0.348 e. The van der Waals surface area contributed by atoms with Gasteiger partial charge in [-0.25, -0.2) is 8.42 Å². The summed E-state index contributed by atoms with van der Waals surface area (Å²) in [4.78, 5) is 16.7. The molecule has 1 heterocycles. The number of aromatic nitrogens is 1. The number of fused-ring (bicyclic) bond motifs is 1. The fourth-order valence-electron chi connectivity index (χ4n) is 3.69. The van der Waals surface area contributed by atoms with Crippen molar-refractivity contribution in [1.82, 2.24) is 14.6 Å². The quantitative estimate of drug-likeness (QED) is 0.828. The third-order valence-electron chi connectivity index (χ3n) is 5.20. The average Bonchev–Trinajstić information content (AvgIpc) is 3.52. The second-order valence-electron chi connectivity index (χ2n) is 7.18. The predicted octanol–water partition coefficient (Wildman–Crippen LogP) is 2.43. The molecule has 1 N–H and O–H groups in total. The molecule has 0 bridgehead atoms. The van der Waals surface area contributed by atoms with Crippen molar-refractivity contribution in [3.05, 3.63) is 59.9 Å². The number of hydrogen-bond acceptors (Lipinski definition) is 4. The molecule has 4 rings (SSSR count). The number of hydrogen-bond donors (Lipinski definition) is 1. The molecule has 2 aromatic rings. The molecule has 142 valence electrons. The van der Waals surface area contributed by atoms with Crippen LogP contribution in [0.1, 0.15) is 42.9 Å². The Morgan fingerprint density at radius 2 is 1.96 bits per heavy atom. The van der Waals surface area contributed by atoms with E-state index in [2.05, 4.69) is 16.4 Å². The Morgan fingerprint density at radius 1 is 1.15 bits per heavy atom. The Morgan fingerprint density at radius 3 is 2.70 bits per heavy atom. The second-order valence-corrected chi connectivity index (χ2v) is 9.07. The van der Waals surface area contributed by atoms with Gasteiger partial charge in [-0.1, -0.05) is 24.3 Å². The molecule has 2 aliphatic rings. The van der Waals surface area contributed by atoms with Crippen LogP contribution in [-0.4, -0.2) is 36.2 Å². The summed E-state index contributed by atoms with van der Waals surface area (Å²) in [6.07, 6.45) is 7.36. The van der Waals surface area contributed by atoms with Crippen LogP contribution in [0.3, 0.4) is 0 Å². The number of pyridine rings is 1. The van der Waals surface area contributed by atoms with Crippen LogP contribution in [0.4, 0.5) is 0 Å². The third-order valence-corrected chi connectivity index (χ3v) is 7.08. The number of amides is 1. The van der Waals surface area contributed by atoms with Crippen LogP contribution in [-0.2, 0) is 21.2 Å². The maximum absolute atomic E-state index is 12.9. The highest BCUT2D eigenvalue weighted by atomic mass is 32.2. The molecular formula is C20H23N3O3S. The van der Waals surface area contributed by atoms with Crippen molar-refractivity contribution >= 4 is 15.9 Å². The van der Waals surface area contributed by atoms with Gasteiger partial charge in [0.2, 0.25) is 15.9 Å². The van der Waals surface area contributed by atoms with Crippen LogP contribution in [0.2, 0.25) is 0 Å². The first-order valence-corrected chi connectivity index (χ1v) is 10.8. The van der Waals surface area contributed by atoms with Gasteiger partial charge in [0.15, 0.2) is 0 Å². The van der Waals surface area contributed by atoms with Gasteiger partial charge in [0, 0.05) is 18.4 Å². The van der Waals surface area contributed by atoms with E-state index in [-0.39, 0.29) is 29.4 Å². The summed E-state index contributed by atoms with van der Waals surface area (Å²) in [5.41, 5.74) is 2.40. The maximum atomic E-state index is 12.9. The normalized spacial score (nSPS) is 19.5. The monoisotopic (exact) mass is 385 g/mol. The van der Waals surface area contributed by atoms with Gasteiger partial charge >= 0.3 is 0 Å². The summed E-state index contributed by atoms with van der Waals surface area (Å²) in [7, 11) is -3.72. The van der Waals surface area contributed by atoms with Gasteiger partial charge < -0.3 is 5.32 Å². The molecule has 1 aromatic carbocycles. The summed E-state index contributed by atoms with van der Waals surface area (Å²) >= 11 is 0. The Bertz CT molecular complexity index is 926. The van der Waals surface area contributed by atoms with Crippen molar-refractivity contribution in [3.63, 3.8) is 0 Å². The van der Waals surface area contributed by atoms with E-state index < -0.39 is 10.0 Å². The minimum atomic E-state index is -3.72. The fourth-order valence-corrected chi connectivity index (χ4v) is 5.30. The highest BCUT2D eigenvalue weighted by Crippen LogP contribution is 2.32. The van der Waals surface area contributed by atoms with Crippen molar-refractivity contribution in [2.45, 2.75) is 49.1 Å². The Labute approximate surface area is 159 Å². The Balaban J connectivity index is 1.50. The van der Waals surface area contributed by atoms with Crippen LogP contribution in [0.25, 0.3) is 0 Å². The van der Waals surface area contributed by atoms with E-state index in [1.165, 1.54) is 28.3 Å². The van der Waals surface area contributed by atoms with E-state index in [1.54, 1.807) is 6.07 Å². The van der Waals surface area contributed by atoms with Crippen molar-refractivity contribution in [1.29, 1.82) is 0 Å². The molecule has 1 saturated carbocycles. The van der Waals surface area contributed by atoms with Gasteiger partial charge in [0.05, 0.1) is 12.6 Å². The summed E-state index contributed by atoms with van der Waals surface area (Å²) < 4.78 is 27.2. The molecule has 1 atom stereocenters. The largest absolute Gasteiger partial charge is 0.348 e. The molecule has 1 fully saturated rings. The highest BCUT2D eigenvalue weighted by molar-refractivity contribution is 7.89. The van der Waals surface area contributed by atoms with Crippen molar-refractivity contribution in [2.75, 3.05) is 6.54 Å². The molecule has 0 spiro atoms. The number of nitrogens with one attached hydrogen (secondary N) is 1. The minimum absolute atomic E-state index is 0.0513. The lowest BCUT2D eigenvalue weighted by Crippen LogP contribution is -2.43. The van der Waals surface area contributed by atoms with Crippen LogP contribution in [0.5, 0.6) is 0 Å². The van der Waals surface area contributed by atoms with Crippen molar-refractivity contribution < 1.29 is 13.2 Å². The molecule has 2 aliphatic carbocycles. The van der Waals surface area contributed by atoms with E-state index in [9.17, 15) is 13.2 Å². The SMILES string of the molecule is O=C(CN(C1CC1)S(=O)(=O)c1cccnc1)N[C@H]1CCCc2ccccc21. The van der Waals surface area contributed by atoms with Crippen LogP contribution >= 0.6 is 0 Å². The number of benzene rings is 1. The third kappa shape index (κ3) is 3.89. The first-order chi connectivity index (χ1) is 13.1. The molecule has 6 nitrogen and oxygen atoms in total. The van der Waals surface area contributed by atoms with E-state index in [4.69, 9.17) is 0 Å². The molecule has 0 unspecified atom stereocenters. The molecular weight excluding hydrogens is 362 g/mol. The van der Waals surface area contributed by atoms with E-state index in [1.807, 2.05) is 18.2 Å². The van der Waals surface area contributed by atoms with Gasteiger partial charge in [0.25, 0.3) is 0 Å². The summed E-state index contributed by atoms with van der Waals surface area (Å²) in [5, 5.41) is 3.05. The maximum Gasteiger partial charge on any atom is 0.245 e. The fraction of sp³-hybridized carbons (Fsp3) is 0.400. The molecule has 0 radical (unpaired) electrons. The van der Waals surface area contributed by atoms with Crippen LogP contribution in [0, 0.1) is 0 Å². The molecule has 0 aliphatic heterocycles. The van der Waals surface area contributed by atoms with Gasteiger partial charge in [0.1, 0.15) is 4.90 Å². The van der Waals surface area contributed by atoms with Crippen molar-refractivity contribution in [2.24, 2.45) is 0 Å². The molecule has 0 saturated heterocycles. The summed E-state index contributed by atoms with van der Waals surface area (Å²) in [6, 6.07) is 11.1. The topological polar surface area (TPSA) is 79.4 Å². The lowest BCUT2D eigenvalue weighted by atomic mass is 9.88. The van der Waals surface area contributed by atoms with E-state index in [0.29, 0.717) is 0 Å². The number of carbonyl (C=O) groups excluding carboxylic acids is 1. The van der Waals surface area contributed by atoms with Gasteiger partial charge in [-0.05, 0) is 55.4 Å². The smallest absolute Gasteiger partial charge is 0.245 e. The first kappa shape index (κ1) is 18.1. The molecule has 27 heavy (non-hydrogen) atoms. The molecule has 7 heteroatoms. The number of aryl methyl sites for hydroxylation is 1. The second kappa shape index (κ2) is 7.40. The first-order valence-electron chi connectivity index (χ1n) is 9.35. The summed E-state index contributed by atoms with van der Waals surface area (Å²) in [5.74, 6) is -0.254. The zero-order chi connectivity index (χ0) is 18.9. The van der Waals surface area contributed by atoms with Crippen LogP contribution in [0.15, 0.2) is 53.7 Å². The Hall–Kier alpha value is -2.25. The standard InChI is InChI=1S/C20H23N3O3S/c24-20(22-19-9-3-6-15-5-1-2-8-18(15)19)14-23(16-10-11-16)27(25,26)17-7-4-12-21-13-17/h1-2,4-5,7-8,12-13,16,19H,3,6,9-11,14H2,(H,22,24)/t19-/m0/s1. The lowest BCUT2D eigenvalue weighted by molar-refractivity contribution is -0.122. The Kier molecular flexibility index (Phi) is 4.97. The zero-order valence-electron chi connectivity index (χ0n) is 15.0. The number of carbonyl (C=O) groups is 1. The van der Waals surface area contributed by atoms with Crippen molar-refractivity contribution in [3.8, 4) is 0 Å². The van der Waals surface area contributed by atoms with Crippen LogP contribution < -0.4 is 5.32 Å². The number of nitrogens with zero attached hydrogens (tertiary/aromatic N) is 2. The average molecular weight is 385 g/mol. The van der Waals surface area contributed by atoms with Gasteiger partial charge in [-0.15, -0.1) is 0 Å². The molecule has 1 aromatic heterocycles.